The van der Waals surface area contributed by atoms with E-state index in [2.05, 4.69) is 20.0 Å². The van der Waals surface area contributed by atoms with Gasteiger partial charge in [0.25, 0.3) is 12.3 Å². The Balaban J connectivity index is 1.42. The summed E-state index contributed by atoms with van der Waals surface area (Å²) in [7, 11) is -1.81. The molecule has 2 amide bonds. The van der Waals surface area contributed by atoms with Gasteiger partial charge in [0.15, 0.2) is 0 Å². The zero-order valence-corrected chi connectivity index (χ0v) is 27.7. The fourth-order valence-electron chi connectivity index (χ4n) is 5.81. The maximum Gasteiger partial charge on any atom is 0.410 e. The summed E-state index contributed by atoms with van der Waals surface area (Å²) in [6.07, 6.45) is 0.835. The van der Waals surface area contributed by atoms with Crippen LogP contribution in [0, 0.1) is 5.41 Å². The summed E-state index contributed by atoms with van der Waals surface area (Å²) in [5, 5.41) is 8.01. The number of aromatic nitrogens is 2. The van der Waals surface area contributed by atoms with Crippen molar-refractivity contribution in [3.8, 4) is 0 Å². The molecule has 0 bridgehead atoms. The number of alkyl halides is 2. The number of ether oxygens (including phenoxy) is 1. The summed E-state index contributed by atoms with van der Waals surface area (Å²) < 4.78 is 61.0. The predicted molar refractivity (Wildman–Crippen MR) is 174 cm³/mol. The number of sulfonamides is 1. The minimum absolute atomic E-state index is 0.0761. The Kier molecular flexibility index (Phi) is 9.22. The van der Waals surface area contributed by atoms with E-state index in [0.717, 1.165) is 30.8 Å². The Morgan fingerprint density at radius 2 is 1.74 bits per heavy atom. The zero-order chi connectivity index (χ0) is 33.4. The van der Waals surface area contributed by atoms with Gasteiger partial charge in [0.2, 0.25) is 10.0 Å². The second-order valence-electron chi connectivity index (χ2n) is 13.2. The minimum atomic E-state index is -3.51. The number of halogens is 2. The van der Waals surface area contributed by atoms with Crippen LogP contribution in [0.5, 0.6) is 0 Å². The van der Waals surface area contributed by atoms with Gasteiger partial charge >= 0.3 is 6.09 Å². The number of aryl methyl sites for hydroxylation is 1. The molecular formula is C32H42F2N6O5S. The van der Waals surface area contributed by atoms with Gasteiger partial charge in [-0.3, -0.25) is 19.1 Å². The average molecular weight is 661 g/mol. The third-order valence-electron chi connectivity index (χ3n) is 8.55. The number of benzene rings is 2. The van der Waals surface area contributed by atoms with Crippen molar-refractivity contribution in [1.29, 1.82) is 0 Å². The molecule has 11 nitrogen and oxygen atoms in total. The lowest BCUT2D eigenvalue weighted by molar-refractivity contribution is 0.00795. The van der Waals surface area contributed by atoms with Crippen molar-refractivity contribution in [2.24, 2.45) is 12.5 Å². The standard InChI is InChI=1S/C32H42F2N6O5S/c1-6-46(43,44)37-22-7-9-23(27(18-22)39-15-13-32(11-12-32)14-16-39)29(41)35-21-8-10-26-24(17-21)25(36-38(26)5)19-40(20-28(33)34)30(42)45-31(2,3)4/h7-10,17-18,28,37H,6,11-16,19-20H2,1-5H3,(H,35,41). The average Bonchev–Trinajstić information content (AvgIpc) is 3.66. The van der Waals surface area contributed by atoms with Gasteiger partial charge in [-0.2, -0.15) is 5.10 Å². The van der Waals surface area contributed by atoms with Crippen molar-refractivity contribution in [3.05, 3.63) is 47.7 Å². The van der Waals surface area contributed by atoms with Gasteiger partial charge in [-0.1, -0.05) is 0 Å². The van der Waals surface area contributed by atoms with Crippen LogP contribution in [0.3, 0.4) is 0 Å². The summed E-state index contributed by atoms with van der Waals surface area (Å²) in [6.45, 7) is 7.03. The second kappa shape index (κ2) is 12.7. The number of carbonyl (C=O) groups excluding carboxylic acids is 2. The highest BCUT2D eigenvalue weighted by Crippen LogP contribution is 2.54. The lowest BCUT2D eigenvalue weighted by atomic mass is 9.93. The van der Waals surface area contributed by atoms with Gasteiger partial charge < -0.3 is 15.0 Å². The fourth-order valence-corrected chi connectivity index (χ4v) is 6.44. The minimum Gasteiger partial charge on any atom is -0.444 e. The van der Waals surface area contributed by atoms with E-state index in [1.165, 1.54) is 12.8 Å². The highest BCUT2D eigenvalue weighted by atomic mass is 32.2. The maximum atomic E-state index is 13.8. The lowest BCUT2D eigenvalue weighted by Crippen LogP contribution is -2.39. The molecule has 2 fully saturated rings. The first-order valence-electron chi connectivity index (χ1n) is 15.5. The van der Waals surface area contributed by atoms with E-state index < -0.39 is 34.7 Å². The molecule has 1 aliphatic carbocycles. The highest BCUT2D eigenvalue weighted by molar-refractivity contribution is 7.92. The molecule has 250 valence electrons. The third kappa shape index (κ3) is 7.88. The van der Waals surface area contributed by atoms with E-state index in [1.807, 2.05) is 0 Å². The Hall–Kier alpha value is -3.94. The molecule has 1 aliphatic heterocycles. The Bertz CT molecular complexity index is 1720. The van der Waals surface area contributed by atoms with Crippen LogP contribution in [-0.4, -0.2) is 72.5 Å². The Morgan fingerprint density at radius 1 is 1.07 bits per heavy atom. The summed E-state index contributed by atoms with van der Waals surface area (Å²) in [5.74, 6) is -0.461. The number of hydrogen-bond acceptors (Lipinski definition) is 7. The quantitative estimate of drug-likeness (QED) is 0.275. The van der Waals surface area contributed by atoms with Crippen LogP contribution in [0.25, 0.3) is 10.9 Å². The van der Waals surface area contributed by atoms with Gasteiger partial charge in [0.1, 0.15) is 5.60 Å². The third-order valence-corrected chi connectivity index (χ3v) is 9.86. The van der Waals surface area contributed by atoms with Crippen molar-refractivity contribution in [2.75, 3.05) is 40.3 Å². The molecule has 2 aromatic carbocycles. The predicted octanol–water partition coefficient (Wildman–Crippen LogP) is 5.97. The smallest absolute Gasteiger partial charge is 0.410 e. The molecule has 0 unspecified atom stereocenters. The molecule has 0 atom stereocenters. The summed E-state index contributed by atoms with van der Waals surface area (Å²) >= 11 is 0. The molecule has 1 spiro atoms. The SMILES string of the molecule is CCS(=O)(=O)Nc1ccc(C(=O)Nc2ccc3c(c2)c(CN(CC(F)F)C(=O)OC(C)(C)C)nn3C)c(N2CCC3(CC2)CC3)c1. The molecular weight excluding hydrogens is 618 g/mol. The van der Waals surface area contributed by atoms with Crippen molar-refractivity contribution < 1.29 is 31.5 Å². The Morgan fingerprint density at radius 3 is 2.35 bits per heavy atom. The first-order chi connectivity index (χ1) is 21.6. The van der Waals surface area contributed by atoms with Crippen LogP contribution in [0.15, 0.2) is 36.4 Å². The zero-order valence-electron chi connectivity index (χ0n) is 26.9. The number of nitrogens with zero attached hydrogens (tertiary/aromatic N) is 4. The molecule has 1 saturated heterocycles. The number of fused-ring (bicyclic) bond motifs is 1. The van der Waals surface area contributed by atoms with E-state index in [4.69, 9.17) is 4.74 Å². The molecule has 0 radical (unpaired) electrons. The topological polar surface area (TPSA) is 126 Å². The molecule has 3 aromatic rings. The molecule has 1 aromatic heterocycles. The van der Waals surface area contributed by atoms with Gasteiger partial charge in [-0.25, -0.2) is 22.0 Å². The normalized spacial score (nSPS) is 16.1. The number of carbonyl (C=O) groups is 2. The van der Waals surface area contributed by atoms with E-state index >= 15 is 0 Å². The molecule has 5 rings (SSSR count). The lowest BCUT2D eigenvalue weighted by Gasteiger charge is -2.35. The number of hydrogen-bond donors (Lipinski definition) is 2. The van der Waals surface area contributed by atoms with Crippen molar-refractivity contribution in [2.45, 2.75) is 71.9 Å². The number of rotatable bonds is 10. The van der Waals surface area contributed by atoms with Crippen molar-refractivity contribution in [3.63, 3.8) is 0 Å². The highest BCUT2D eigenvalue weighted by Gasteiger charge is 2.44. The number of nitrogens with one attached hydrogen (secondary N) is 2. The van der Waals surface area contributed by atoms with Crippen LogP contribution in [0.4, 0.5) is 30.6 Å². The summed E-state index contributed by atoms with van der Waals surface area (Å²) in [4.78, 5) is 29.6. The molecule has 2 aliphatic rings. The monoisotopic (exact) mass is 660 g/mol. The van der Waals surface area contributed by atoms with E-state index in [1.54, 1.807) is 75.8 Å². The van der Waals surface area contributed by atoms with Crippen LogP contribution in [0.1, 0.15) is 69.4 Å². The molecule has 1 saturated carbocycles. The first-order valence-corrected chi connectivity index (χ1v) is 17.1. The van der Waals surface area contributed by atoms with Crippen LogP contribution >= 0.6 is 0 Å². The van der Waals surface area contributed by atoms with Gasteiger partial charge in [-0.05, 0) is 95.2 Å². The Labute approximate surface area is 268 Å². The molecule has 2 heterocycles. The van der Waals surface area contributed by atoms with Crippen molar-refractivity contribution >= 4 is 50.0 Å². The van der Waals surface area contributed by atoms with E-state index in [-0.39, 0.29) is 18.2 Å². The molecule has 46 heavy (non-hydrogen) atoms. The fraction of sp³-hybridized carbons (Fsp3) is 0.531. The summed E-state index contributed by atoms with van der Waals surface area (Å²) in [6, 6.07) is 10.1. The first kappa shape index (κ1) is 33.4. The van der Waals surface area contributed by atoms with Gasteiger partial charge in [-0.15, -0.1) is 0 Å². The second-order valence-corrected chi connectivity index (χ2v) is 15.2. The van der Waals surface area contributed by atoms with Gasteiger partial charge in [0, 0.05) is 31.2 Å². The van der Waals surface area contributed by atoms with Crippen LogP contribution < -0.4 is 14.9 Å². The number of anilines is 3. The summed E-state index contributed by atoms with van der Waals surface area (Å²) in [5.41, 5.74) is 2.47. The van der Waals surface area contributed by atoms with Crippen LogP contribution in [0.2, 0.25) is 0 Å². The van der Waals surface area contributed by atoms with Gasteiger partial charge in [0.05, 0.1) is 47.0 Å². The van der Waals surface area contributed by atoms with E-state index in [0.29, 0.717) is 44.6 Å². The largest absolute Gasteiger partial charge is 0.444 e. The maximum absolute atomic E-state index is 13.8. The molecule has 14 heteroatoms. The van der Waals surface area contributed by atoms with Crippen molar-refractivity contribution in [1.82, 2.24) is 14.7 Å². The number of amides is 2. The molecule has 2 N–H and O–H groups in total. The van der Waals surface area contributed by atoms with Crippen LogP contribution in [-0.2, 0) is 28.4 Å². The number of piperidine rings is 1. The van der Waals surface area contributed by atoms with E-state index in [9.17, 15) is 26.8 Å².